The van der Waals surface area contributed by atoms with E-state index in [0.29, 0.717) is 25.8 Å². The van der Waals surface area contributed by atoms with Crippen molar-refractivity contribution in [1.29, 1.82) is 0 Å². The first-order valence-corrected chi connectivity index (χ1v) is 9.66. The van der Waals surface area contributed by atoms with E-state index in [9.17, 15) is 9.59 Å². The number of benzene rings is 2. The summed E-state index contributed by atoms with van der Waals surface area (Å²) in [4.78, 5) is 25.6. The van der Waals surface area contributed by atoms with E-state index in [1.54, 1.807) is 7.11 Å². The highest BCUT2D eigenvalue weighted by molar-refractivity contribution is 6.13. The van der Waals surface area contributed by atoms with Crippen molar-refractivity contribution in [3.8, 4) is 5.75 Å². The van der Waals surface area contributed by atoms with Crippen LogP contribution in [0, 0.1) is 26.2 Å². The first kappa shape index (κ1) is 19.9. The number of rotatable bonds is 7. The molecule has 0 aromatic heterocycles. The van der Waals surface area contributed by atoms with Gasteiger partial charge in [-0.1, -0.05) is 29.8 Å². The van der Waals surface area contributed by atoms with Gasteiger partial charge in [-0.15, -0.1) is 0 Å². The quantitative estimate of drug-likeness (QED) is 0.720. The third-order valence-corrected chi connectivity index (χ3v) is 5.37. The molecule has 0 spiro atoms. The van der Waals surface area contributed by atoms with Crippen LogP contribution in [0.2, 0.25) is 0 Å². The molecule has 0 atom stereocenters. The van der Waals surface area contributed by atoms with E-state index >= 15 is 0 Å². The number of anilines is 1. The Morgan fingerprint density at radius 3 is 2.32 bits per heavy atom. The van der Waals surface area contributed by atoms with Crippen molar-refractivity contribution in [3.63, 3.8) is 0 Å². The Bertz CT molecular complexity index is 877. The maximum Gasteiger partial charge on any atom is 0.240 e. The van der Waals surface area contributed by atoms with Gasteiger partial charge < -0.3 is 15.4 Å². The molecule has 148 valence electrons. The summed E-state index contributed by atoms with van der Waals surface area (Å²) < 4.78 is 5.22. The van der Waals surface area contributed by atoms with Gasteiger partial charge in [0.05, 0.1) is 7.11 Å². The van der Waals surface area contributed by atoms with Crippen LogP contribution >= 0.6 is 0 Å². The van der Waals surface area contributed by atoms with Crippen molar-refractivity contribution in [2.45, 2.75) is 40.0 Å². The van der Waals surface area contributed by atoms with E-state index in [1.807, 2.05) is 57.2 Å². The number of ether oxygens (including phenoxy) is 1. The zero-order chi connectivity index (χ0) is 20.3. The van der Waals surface area contributed by atoms with Crippen molar-refractivity contribution >= 4 is 17.5 Å². The highest BCUT2D eigenvalue weighted by Gasteiger charge is 2.56. The summed E-state index contributed by atoms with van der Waals surface area (Å²) in [5, 5.41) is 5.93. The molecule has 3 rings (SSSR count). The third kappa shape index (κ3) is 4.19. The van der Waals surface area contributed by atoms with Gasteiger partial charge in [0.15, 0.2) is 0 Å². The molecule has 0 heterocycles. The summed E-state index contributed by atoms with van der Waals surface area (Å²) in [6, 6.07) is 11.8. The van der Waals surface area contributed by atoms with E-state index in [0.717, 1.165) is 33.7 Å². The number of aryl methyl sites for hydroxylation is 3. The molecule has 2 aromatic carbocycles. The Kier molecular flexibility index (Phi) is 5.73. The molecule has 0 saturated heterocycles. The summed E-state index contributed by atoms with van der Waals surface area (Å²) in [6.07, 6.45) is 1.87. The molecular formula is C23H28N2O3. The molecular weight excluding hydrogens is 352 g/mol. The molecule has 0 unspecified atom stereocenters. The van der Waals surface area contributed by atoms with Crippen molar-refractivity contribution < 1.29 is 14.3 Å². The first-order valence-electron chi connectivity index (χ1n) is 9.66. The Morgan fingerprint density at radius 1 is 1.04 bits per heavy atom. The topological polar surface area (TPSA) is 67.4 Å². The van der Waals surface area contributed by atoms with Gasteiger partial charge in [0, 0.05) is 12.2 Å². The number of hydrogen-bond donors (Lipinski definition) is 2. The first-order chi connectivity index (χ1) is 13.4. The smallest absolute Gasteiger partial charge is 0.240 e. The van der Waals surface area contributed by atoms with Gasteiger partial charge in [-0.25, -0.2) is 0 Å². The number of amides is 2. The van der Waals surface area contributed by atoms with Crippen LogP contribution in [-0.2, 0) is 16.0 Å². The molecule has 0 radical (unpaired) electrons. The van der Waals surface area contributed by atoms with E-state index in [1.165, 1.54) is 0 Å². The summed E-state index contributed by atoms with van der Waals surface area (Å²) in [7, 11) is 1.63. The lowest BCUT2D eigenvalue weighted by Gasteiger charge is -2.18. The highest BCUT2D eigenvalue weighted by atomic mass is 16.5. The summed E-state index contributed by atoms with van der Waals surface area (Å²) in [5.41, 5.74) is 4.15. The second kappa shape index (κ2) is 8.05. The van der Waals surface area contributed by atoms with Gasteiger partial charge in [0.1, 0.15) is 11.2 Å². The summed E-state index contributed by atoms with van der Waals surface area (Å²) >= 11 is 0. The molecule has 1 aliphatic rings. The molecule has 0 bridgehead atoms. The van der Waals surface area contributed by atoms with Crippen LogP contribution in [0.3, 0.4) is 0 Å². The average Bonchev–Trinajstić information content (AvgIpc) is 3.46. The van der Waals surface area contributed by atoms with Gasteiger partial charge >= 0.3 is 0 Å². The molecule has 2 amide bonds. The van der Waals surface area contributed by atoms with E-state index < -0.39 is 5.41 Å². The fraction of sp³-hybridized carbons (Fsp3) is 0.391. The minimum atomic E-state index is -0.932. The molecule has 28 heavy (non-hydrogen) atoms. The van der Waals surface area contributed by atoms with Crippen LogP contribution in [0.1, 0.15) is 35.1 Å². The Labute approximate surface area is 166 Å². The largest absolute Gasteiger partial charge is 0.497 e. The van der Waals surface area contributed by atoms with E-state index in [4.69, 9.17) is 4.74 Å². The fourth-order valence-corrected chi connectivity index (χ4v) is 3.61. The molecule has 1 saturated carbocycles. The van der Waals surface area contributed by atoms with Crippen LogP contribution in [0.4, 0.5) is 5.69 Å². The van der Waals surface area contributed by atoms with Crippen LogP contribution in [0.15, 0.2) is 36.4 Å². The van der Waals surface area contributed by atoms with Crippen LogP contribution in [-0.4, -0.2) is 25.5 Å². The summed E-state index contributed by atoms with van der Waals surface area (Å²) in [5.74, 6) is 0.405. The SMILES string of the molecule is COc1cccc(CCNC(=O)C2(C(=O)Nc3c(C)cc(C)cc3C)CC2)c1. The maximum atomic E-state index is 12.9. The lowest BCUT2D eigenvalue weighted by atomic mass is 10.0. The molecule has 5 heteroatoms. The predicted octanol–water partition coefficient (Wildman–Crippen LogP) is 3.70. The second-order valence-electron chi connectivity index (χ2n) is 7.67. The van der Waals surface area contributed by atoms with Gasteiger partial charge in [0.25, 0.3) is 0 Å². The van der Waals surface area contributed by atoms with Crippen LogP contribution < -0.4 is 15.4 Å². The zero-order valence-corrected chi connectivity index (χ0v) is 17.0. The van der Waals surface area contributed by atoms with E-state index in [2.05, 4.69) is 10.6 Å². The standard InChI is InChI=1S/C23H28N2O3/c1-15-12-16(2)20(17(3)13-15)25-22(27)23(9-10-23)21(26)24-11-8-18-6-5-7-19(14-18)28-4/h5-7,12-14H,8-11H2,1-4H3,(H,24,26)(H,25,27). The average molecular weight is 380 g/mol. The second-order valence-corrected chi connectivity index (χ2v) is 7.67. The number of hydrogen-bond acceptors (Lipinski definition) is 3. The Balaban J connectivity index is 1.59. The molecule has 2 aromatic rings. The van der Waals surface area contributed by atoms with Gasteiger partial charge in [-0.2, -0.15) is 0 Å². The lowest BCUT2D eigenvalue weighted by Crippen LogP contribution is -2.40. The summed E-state index contributed by atoms with van der Waals surface area (Å²) in [6.45, 7) is 6.47. The normalized spacial score (nSPS) is 14.3. The zero-order valence-electron chi connectivity index (χ0n) is 17.0. The van der Waals surface area contributed by atoms with Crippen LogP contribution in [0.25, 0.3) is 0 Å². The molecule has 1 aliphatic carbocycles. The Hall–Kier alpha value is -2.82. The number of methoxy groups -OCH3 is 1. The van der Waals surface area contributed by atoms with Crippen molar-refractivity contribution in [1.82, 2.24) is 5.32 Å². The lowest BCUT2D eigenvalue weighted by molar-refractivity contribution is -0.134. The third-order valence-electron chi connectivity index (χ3n) is 5.37. The molecule has 5 nitrogen and oxygen atoms in total. The highest BCUT2D eigenvalue weighted by Crippen LogP contribution is 2.47. The monoisotopic (exact) mass is 380 g/mol. The van der Waals surface area contributed by atoms with Crippen molar-refractivity contribution in [2.24, 2.45) is 5.41 Å². The predicted molar refractivity (Wildman–Crippen MR) is 111 cm³/mol. The van der Waals surface area contributed by atoms with Crippen LogP contribution in [0.5, 0.6) is 5.75 Å². The number of nitrogens with one attached hydrogen (secondary N) is 2. The maximum absolute atomic E-state index is 12.9. The van der Waals surface area contributed by atoms with Crippen molar-refractivity contribution in [2.75, 3.05) is 19.0 Å². The fourth-order valence-electron chi connectivity index (χ4n) is 3.61. The minimum absolute atomic E-state index is 0.185. The number of carbonyl (C=O) groups is 2. The molecule has 0 aliphatic heterocycles. The van der Waals surface area contributed by atoms with E-state index in [-0.39, 0.29) is 11.8 Å². The van der Waals surface area contributed by atoms with Gasteiger partial charge in [-0.3, -0.25) is 9.59 Å². The van der Waals surface area contributed by atoms with Gasteiger partial charge in [-0.05, 0) is 68.9 Å². The van der Waals surface area contributed by atoms with Crippen molar-refractivity contribution in [3.05, 3.63) is 58.7 Å². The number of carbonyl (C=O) groups excluding carboxylic acids is 2. The van der Waals surface area contributed by atoms with Gasteiger partial charge in [0.2, 0.25) is 11.8 Å². The molecule has 2 N–H and O–H groups in total. The Morgan fingerprint density at radius 2 is 1.71 bits per heavy atom. The molecule has 1 fully saturated rings. The minimum Gasteiger partial charge on any atom is -0.497 e.